The van der Waals surface area contributed by atoms with Gasteiger partial charge in [0.25, 0.3) is 0 Å². The summed E-state index contributed by atoms with van der Waals surface area (Å²) in [6.45, 7) is 4.87. The Kier molecular flexibility index (Phi) is 5.95. The number of alkyl halides is 3. The Balaban J connectivity index is 2.38. The standard InChI is InChI=1S/C22H14F4N2O2S/c1-4-13(22(24,25)26)8-15-17(11-31-19(15)5-2)21-12(3)28(10-20(29)27-30)18-7-6-14(23)9-16(18)21/h1,5-9,11H,2,10H2,3H3/b13-8+. The number of thiophene rings is 1. The molecule has 1 amide bonds. The van der Waals surface area contributed by atoms with Gasteiger partial charge in [0.2, 0.25) is 0 Å². The Morgan fingerprint density at radius 3 is 2.68 bits per heavy atom. The highest BCUT2D eigenvalue weighted by atomic mass is 32.1. The number of halogens is 4. The lowest BCUT2D eigenvalue weighted by molar-refractivity contribution is -0.118. The average molecular weight is 446 g/mol. The van der Waals surface area contributed by atoms with E-state index in [0.29, 0.717) is 32.6 Å². The second-order valence-electron chi connectivity index (χ2n) is 6.52. The van der Waals surface area contributed by atoms with Crippen LogP contribution in [-0.2, 0) is 11.3 Å². The van der Waals surface area contributed by atoms with Crippen molar-refractivity contribution in [1.29, 1.82) is 0 Å². The fourth-order valence-electron chi connectivity index (χ4n) is 3.39. The topological polar surface area (TPSA) is 51.4 Å². The molecule has 0 saturated carbocycles. The number of fused-ring (bicyclic) bond motifs is 1. The Hall–Kier alpha value is -3.51. The third-order valence-electron chi connectivity index (χ3n) is 4.74. The lowest BCUT2D eigenvalue weighted by Crippen LogP contribution is -2.10. The summed E-state index contributed by atoms with van der Waals surface area (Å²) in [7, 11) is 0. The van der Waals surface area contributed by atoms with Gasteiger partial charge in [0.15, 0.2) is 0 Å². The van der Waals surface area contributed by atoms with E-state index in [1.807, 2.05) is 0 Å². The van der Waals surface area contributed by atoms with Crippen molar-refractivity contribution < 1.29 is 22.4 Å². The van der Waals surface area contributed by atoms with Gasteiger partial charge in [-0.3, -0.25) is 4.79 Å². The van der Waals surface area contributed by atoms with E-state index in [2.05, 4.69) is 11.8 Å². The molecule has 0 aliphatic carbocycles. The average Bonchev–Trinajstić information content (AvgIpc) is 3.22. The lowest BCUT2D eigenvalue weighted by Gasteiger charge is -2.08. The number of carbonyl (C=O) groups excluding carboxylic acids is 1. The summed E-state index contributed by atoms with van der Waals surface area (Å²) >= 11 is 1.15. The molecule has 0 N–H and O–H groups in total. The zero-order valence-corrected chi connectivity index (χ0v) is 16.9. The van der Waals surface area contributed by atoms with Crippen LogP contribution < -0.4 is 0 Å². The van der Waals surface area contributed by atoms with E-state index in [1.54, 1.807) is 18.2 Å². The smallest absolute Gasteiger partial charge is 0.335 e. The predicted octanol–water partition coefficient (Wildman–Crippen LogP) is 6.33. The molecular weight excluding hydrogens is 432 g/mol. The van der Waals surface area contributed by atoms with E-state index in [-0.39, 0.29) is 12.1 Å². The molecule has 2 aromatic heterocycles. The summed E-state index contributed by atoms with van der Waals surface area (Å²) in [4.78, 5) is 22.7. The SMILES string of the molecule is C#C/C(=C\c1c(-c2c(C)n(CC(=O)N=O)c3ccc(F)cc23)csc1C=C)C(F)(F)F. The molecule has 3 rings (SSSR count). The van der Waals surface area contributed by atoms with E-state index in [9.17, 15) is 27.3 Å². The van der Waals surface area contributed by atoms with Gasteiger partial charge < -0.3 is 4.57 Å². The molecule has 0 bridgehead atoms. The van der Waals surface area contributed by atoms with Crippen molar-refractivity contribution in [3.05, 3.63) is 62.6 Å². The van der Waals surface area contributed by atoms with E-state index in [4.69, 9.17) is 6.42 Å². The van der Waals surface area contributed by atoms with Crippen LogP contribution >= 0.6 is 11.3 Å². The highest BCUT2D eigenvalue weighted by molar-refractivity contribution is 7.11. The third kappa shape index (κ3) is 4.07. The highest BCUT2D eigenvalue weighted by Gasteiger charge is 2.33. The lowest BCUT2D eigenvalue weighted by atomic mass is 9.98. The van der Waals surface area contributed by atoms with Crippen LogP contribution in [0.3, 0.4) is 0 Å². The van der Waals surface area contributed by atoms with Crippen molar-refractivity contribution in [2.45, 2.75) is 19.6 Å². The first-order valence-corrected chi connectivity index (χ1v) is 9.64. The van der Waals surface area contributed by atoms with Gasteiger partial charge in [-0.2, -0.15) is 13.2 Å². The summed E-state index contributed by atoms with van der Waals surface area (Å²) < 4.78 is 55.4. The molecule has 4 nitrogen and oxygen atoms in total. The van der Waals surface area contributed by atoms with Crippen molar-refractivity contribution in [3.63, 3.8) is 0 Å². The molecule has 31 heavy (non-hydrogen) atoms. The van der Waals surface area contributed by atoms with Gasteiger partial charge >= 0.3 is 12.1 Å². The van der Waals surface area contributed by atoms with Crippen LogP contribution in [-0.4, -0.2) is 16.7 Å². The first-order chi connectivity index (χ1) is 14.6. The van der Waals surface area contributed by atoms with Gasteiger partial charge in [-0.05, 0) is 36.6 Å². The Bertz CT molecular complexity index is 1290. The molecule has 0 aliphatic heterocycles. The number of carbonyl (C=O) groups is 1. The fourth-order valence-corrected chi connectivity index (χ4v) is 4.28. The number of nitrogens with zero attached hydrogens (tertiary/aromatic N) is 2. The van der Waals surface area contributed by atoms with Crippen LogP contribution in [0, 0.1) is 30.0 Å². The number of hydrogen-bond donors (Lipinski definition) is 0. The predicted molar refractivity (Wildman–Crippen MR) is 114 cm³/mol. The fraction of sp³-hybridized carbons (Fsp3) is 0.136. The van der Waals surface area contributed by atoms with Crippen LogP contribution in [0.15, 0.2) is 40.9 Å². The summed E-state index contributed by atoms with van der Waals surface area (Å²) in [6, 6.07) is 3.83. The van der Waals surface area contributed by atoms with Crippen LogP contribution in [0.2, 0.25) is 0 Å². The molecule has 9 heteroatoms. The molecule has 1 aromatic carbocycles. The van der Waals surface area contributed by atoms with Gasteiger partial charge in [0, 0.05) is 43.3 Å². The number of allylic oxidation sites excluding steroid dienone is 1. The Morgan fingerprint density at radius 1 is 1.39 bits per heavy atom. The van der Waals surface area contributed by atoms with E-state index in [1.165, 1.54) is 28.8 Å². The Morgan fingerprint density at radius 2 is 2.10 bits per heavy atom. The number of nitroso groups, excluding NO2 is 1. The van der Waals surface area contributed by atoms with Crippen molar-refractivity contribution in [2.24, 2.45) is 5.18 Å². The van der Waals surface area contributed by atoms with E-state index < -0.39 is 23.5 Å². The van der Waals surface area contributed by atoms with E-state index >= 15 is 0 Å². The van der Waals surface area contributed by atoms with Crippen molar-refractivity contribution in [1.82, 2.24) is 4.57 Å². The summed E-state index contributed by atoms with van der Waals surface area (Å²) in [6.07, 6.45) is 2.60. The zero-order chi connectivity index (χ0) is 22.9. The normalized spacial score (nSPS) is 12.1. The molecule has 0 atom stereocenters. The largest absolute Gasteiger partial charge is 0.424 e. The summed E-state index contributed by atoms with van der Waals surface area (Å²) in [5.41, 5.74) is 0.674. The number of rotatable bonds is 5. The Labute approximate surface area is 178 Å². The van der Waals surface area contributed by atoms with Crippen molar-refractivity contribution in [2.75, 3.05) is 0 Å². The number of benzene rings is 1. The van der Waals surface area contributed by atoms with Gasteiger partial charge in [0.05, 0.1) is 0 Å². The highest BCUT2D eigenvalue weighted by Crippen LogP contribution is 2.42. The minimum Gasteiger partial charge on any atom is -0.335 e. The molecule has 158 valence electrons. The van der Waals surface area contributed by atoms with Gasteiger partial charge in [-0.25, -0.2) is 4.39 Å². The second kappa shape index (κ2) is 8.32. The zero-order valence-electron chi connectivity index (χ0n) is 16.1. The van der Waals surface area contributed by atoms with Gasteiger partial charge in [0.1, 0.15) is 17.9 Å². The van der Waals surface area contributed by atoms with Crippen molar-refractivity contribution in [3.8, 4) is 23.5 Å². The molecule has 0 unspecified atom stereocenters. The van der Waals surface area contributed by atoms with Gasteiger partial charge in [-0.1, -0.05) is 18.6 Å². The molecule has 0 aliphatic rings. The van der Waals surface area contributed by atoms with E-state index in [0.717, 1.165) is 17.4 Å². The quantitative estimate of drug-likeness (QED) is 0.261. The number of aromatic nitrogens is 1. The first-order valence-electron chi connectivity index (χ1n) is 8.76. The molecular formula is C22H14F4N2O2S. The summed E-state index contributed by atoms with van der Waals surface area (Å²) in [5, 5.41) is 4.38. The van der Waals surface area contributed by atoms with Gasteiger partial charge in [-0.15, -0.1) is 22.7 Å². The number of terminal acetylenes is 1. The maximum atomic E-state index is 14.0. The van der Waals surface area contributed by atoms with Crippen molar-refractivity contribution >= 4 is 40.3 Å². The van der Waals surface area contributed by atoms with Crippen LogP contribution in [0.1, 0.15) is 16.1 Å². The molecule has 3 aromatic rings. The molecule has 0 spiro atoms. The van der Waals surface area contributed by atoms with Crippen LogP contribution in [0.25, 0.3) is 34.2 Å². The maximum Gasteiger partial charge on any atom is 0.424 e. The molecule has 2 heterocycles. The molecule has 0 radical (unpaired) electrons. The van der Waals surface area contributed by atoms with Crippen LogP contribution in [0.5, 0.6) is 0 Å². The minimum absolute atomic E-state index is 0.177. The maximum absolute atomic E-state index is 14.0. The second-order valence-corrected chi connectivity index (χ2v) is 7.44. The number of amides is 1. The third-order valence-corrected chi connectivity index (χ3v) is 5.74. The number of hydrogen-bond acceptors (Lipinski definition) is 3. The monoisotopic (exact) mass is 446 g/mol. The summed E-state index contributed by atoms with van der Waals surface area (Å²) in [5.74, 6) is 0.147. The molecule has 0 saturated heterocycles. The van der Waals surface area contributed by atoms with Crippen LogP contribution in [0.4, 0.5) is 17.6 Å². The first kappa shape index (κ1) is 22.2. The minimum atomic E-state index is -4.73. The molecule has 0 fully saturated rings.